The van der Waals surface area contributed by atoms with Crippen molar-refractivity contribution in [2.45, 2.75) is 33.2 Å². The zero-order valence-electron chi connectivity index (χ0n) is 15.4. The highest BCUT2D eigenvalue weighted by Crippen LogP contribution is 2.13. The van der Waals surface area contributed by atoms with Crippen molar-refractivity contribution in [1.82, 2.24) is 10.2 Å². The topological polar surface area (TPSA) is 36.9 Å². The van der Waals surface area contributed by atoms with E-state index in [0.29, 0.717) is 6.61 Å². The van der Waals surface area contributed by atoms with Crippen LogP contribution in [-0.2, 0) is 6.54 Å². The highest BCUT2D eigenvalue weighted by atomic mass is 127. The number of rotatable bonds is 10. The van der Waals surface area contributed by atoms with Gasteiger partial charge in [0.25, 0.3) is 0 Å². The predicted molar refractivity (Wildman–Crippen MR) is 118 cm³/mol. The van der Waals surface area contributed by atoms with Crippen molar-refractivity contribution in [1.29, 1.82) is 0 Å². The fourth-order valence-corrected chi connectivity index (χ4v) is 2.71. The SMILES string of the molecule is CCNC(=NCCCCSC)N(C)Cc1ccc(OCC)cc1.I. The van der Waals surface area contributed by atoms with Crippen molar-refractivity contribution < 1.29 is 4.74 Å². The molecule has 0 aromatic heterocycles. The molecule has 0 saturated carbocycles. The molecule has 0 aliphatic heterocycles. The van der Waals surface area contributed by atoms with Gasteiger partial charge in [-0.1, -0.05) is 12.1 Å². The molecule has 0 amide bonds. The molecule has 4 nitrogen and oxygen atoms in total. The van der Waals surface area contributed by atoms with E-state index >= 15 is 0 Å². The summed E-state index contributed by atoms with van der Waals surface area (Å²) in [4.78, 5) is 6.90. The standard InChI is InChI=1S/C18H31N3OS.HI/c1-5-19-18(20-13-7-8-14-23-4)21(3)15-16-9-11-17(12-10-16)22-6-2;/h9-12H,5-8,13-15H2,1-4H3,(H,19,20);1H. The summed E-state index contributed by atoms with van der Waals surface area (Å²) in [7, 11) is 2.08. The lowest BCUT2D eigenvalue weighted by atomic mass is 10.2. The van der Waals surface area contributed by atoms with Crippen molar-refractivity contribution in [3.05, 3.63) is 29.8 Å². The molecule has 0 heterocycles. The Morgan fingerprint density at radius 3 is 2.50 bits per heavy atom. The van der Waals surface area contributed by atoms with E-state index in [0.717, 1.165) is 37.8 Å². The number of nitrogens with one attached hydrogen (secondary N) is 1. The highest BCUT2D eigenvalue weighted by Gasteiger charge is 2.06. The number of aliphatic imine (C=N–C) groups is 1. The van der Waals surface area contributed by atoms with Crippen molar-refractivity contribution in [2.75, 3.05) is 38.8 Å². The van der Waals surface area contributed by atoms with Gasteiger partial charge in [0, 0.05) is 26.7 Å². The van der Waals surface area contributed by atoms with Crippen LogP contribution in [0.25, 0.3) is 0 Å². The first-order chi connectivity index (χ1) is 11.2. The van der Waals surface area contributed by atoms with E-state index in [-0.39, 0.29) is 24.0 Å². The number of hydrogen-bond acceptors (Lipinski definition) is 3. The summed E-state index contributed by atoms with van der Waals surface area (Å²) in [5, 5.41) is 3.37. The molecule has 0 spiro atoms. The molecule has 0 saturated heterocycles. The zero-order chi connectivity index (χ0) is 16.9. The van der Waals surface area contributed by atoms with Crippen LogP contribution in [0.1, 0.15) is 32.3 Å². The van der Waals surface area contributed by atoms with Gasteiger partial charge in [-0.3, -0.25) is 4.99 Å². The van der Waals surface area contributed by atoms with Crippen LogP contribution in [0.2, 0.25) is 0 Å². The summed E-state index contributed by atoms with van der Waals surface area (Å²) in [5.74, 6) is 3.12. The minimum Gasteiger partial charge on any atom is -0.494 e. The van der Waals surface area contributed by atoms with Gasteiger partial charge >= 0.3 is 0 Å². The lowest BCUT2D eigenvalue weighted by molar-refractivity contribution is 0.340. The molecule has 0 aliphatic rings. The van der Waals surface area contributed by atoms with E-state index in [2.05, 4.69) is 42.6 Å². The van der Waals surface area contributed by atoms with Crippen LogP contribution in [0.4, 0.5) is 0 Å². The van der Waals surface area contributed by atoms with Crippen LogP contribution in [0, 0.1) is 0 Å². The number of unbranched alkanes of at least 4 members (excludes halogenated alkanes) is 1. The Balaban J connectivity index is 0.00000529. The highest BCUT2D eigenvalue weighted by molar-refractivity contribution is 14.0. The molecule has 0 bridgehead atoms. The lowest BCUT2D eigenvalue weighted by Crippen LogP contribution is -2.38. The Labute approximate surface area is 168 Å². The average Bonchev–Trinajstić information content (AvgIpc) is 2.55. The number of benzene rings is 1. The summed E-state index contributed by atoms with van der Waals surface area (Å²) in [5.41, 5.74) is 1.25. The predicted octanol–water partition coefficient (Wildman–Crippen LogP) is 4.24. The fraction of sp³-hybridized carbons (Fsp3) is 0.611. The quantitative estimate of drug-likeness (QED) is 0.243. The molecular weight excluding hydrogens is 433 g/mol. The maximum absolute atomic E-state index is 5.49. The van der Waals surface area contributed by atoms with Crippen molar-refractivity contribution in [2.24, 2.45) is 4.99 Å². The van der Waals surface area contributed by atoms with Gasteiger partial charge in [0.15, 0.2) is 5.96 Å². The Bertz CT molecular complexity index is 454. The van der Waals surface area contributed by atoms with Gasteiger partial charge < -0.3 is 15.0 Å². The second-order valence-electron chi connectivity index (χ2n) is 5.37. The molecule has 0 radical (unpaired) electrons. The Kier molecular flexibility index (Phi) is 14.3. The van der Waals surface area contributed by atoms with Gasteiger partial charge in [0.1, 0.15) is 5.75 Å². The van der Waals surface area contributed by atoms with Gasteiger partial charge in [-0.25, -0.2) is 0 Å². The molecule has 0 unspecified atom stereocenters. The molecule has 0 atom stereocenters. The largest absolute Gasteiger partial charge is 0.494 e. The summed E-state index contributed by atoms with van der Waals surface area (Å²) in [6.45, 7) is 7.41. The van der Waals surface area contributed by atoms with E-state index in [1.165, 1.54) is 17.7 Å². The summed E-state index contributed by atoms with van der Waals surface area (Å²) < 4.78 is 5.49. The first-order valence-corrected chi connectivity index (χ1v) is 9.80. The van der Waals surface area contributed by atoms with Crippen LogP contribution in [0.15, 0.2) is 29.3 Å². The molecule has 6 heteroatoms. The van der Waals surface area contributed by atoms with Crippen molar-refractivity contribution >= 4 is 41.7 Å². The number of nitrogens with zero attached hydrogens (tertiary/aromatic N) is 2. The molecule has 1 aromatic rings. The van der Waals surface area contributed by atoms with Crippen LogP contribution in [0.3, 0.4) is 0 Å². The van der Waals surface area contributed by atoms with Crippen molar-refractivity contribution in [3.8, 4) is 5.75 Å². The van der Waals surface area contributed by atoms with E-state index in [9.17, 15) is 0 Å². The molecule has 1 aromatic carbocycles. The first kappa shape index (κ1) is 23.4. The molecule has 0 aliphatic carbocycles. The molecule has 1 N–H and O–H groups in total. The summed E-state index contributed by atoms with van der Waals surface area (Å²) in [6, 6.07) is 8.28. The van der Waals surface area contributed by atoms with E-state index in [1.54, 1.807) is 0 Å². The van der Waals surface area contributed by atoms with E-state index in [4.69, 9.17) is 9.73 Å². The maximum Gasteiger partial charge on any atom is 0.193 e. The molecular formula is C18H32IN3OS. The number of hydrogen-bond donors (Lipinski definition) is 1. The van der Waals surface area contributed by atoms with Crippen LogP contribution >= 0.6 is 35.7 Å². The van der Waals surface area contributed by atoms with Gasteiger partial charge in [0.05, 0.1) is 6.61 Å². The Hall–Kier alpha value is -0.630. The van der Waals surface area contributed by atoms with Gasteiger partial charge in [-0.2, -0.15) is 11.8 Å². The van der Waals surface area contributed by atoms with Gasteiger partial charge in [-0.15, -0.1) is 24.0 Å². The number of thioether (sulfide) groups is 1. The third kappa shape index (κ3) is 9.61. The molecule has 0 fully saturated rings. The minimum atomic E-state index is 0. The van der Waals surface area contributed by atoms with Crippen LogP contribution < -0.4 is 10.1 Å². The van der Waals surface area contributed by atoms with Gasteiger partial charge in [0.2, 0.25) is 0 Å². The van der Waals surface area contributed by atoms with E-state index in [1.807, 2.05) is 30.8 Å². The Morgan fingerprint density at radius 2 is 1.92 bits per heavy atom. The minimum absolute atomic E-state index is 0. The van der Waals surface area contributed by atoms with Crippen molar-refractivity contribution in [3.63, 3.8) is 0 Å². The lowest BCUT2D eigenvalue weighted by Gasteiger charge is -2.22. The maximum atomic E-state index is 5.49. The zero-order valence-corrected chi connectivity index (χ0v) is 18.5. The van der Waals surface area contributed by atoms with Crippen LogP contribution in [-0.4, -0.2) is 49.6 Å². The number of guanidine groups is 1. The smallest absolute Gasteiger partial charge is 0.193 e. The molecule has 24 heavy (non-hydrogen) atoms. The third-order valence-corrected chi connectivity index (χ3v) is 4.07. The van der Waals surface area contributed by atoms with Gasteiger partial charge in [-0.05, 0) is 56.4 Å². The van der Waals surface area contributed by atoms with E-state index < -0.39 is 0 Å². The molecule has 138 valence electrons. The third-order valence-electron chi connectivity index (χ3n) is 3.37. The monoisotopic (exact) mass is 465 g/mol. The summed E-state index contributed by atoms with van der Waals surface area (Å²) in [6.07, 6.45) is 4.53. The normalized spacial score (nSPS) is 10.9. The molecule has 1 rings (SSSR count). The Morgan fingerprint density at radius 1 is 1.21 bits per heavy atom. The number of ether oxygens (including phenoxy) is 1. The van der Waals surface area contributed by atoms with Crippen LogP contribution in [0.5, 0.6) is 5.75 Å². The fourth-order valence-electron chi connectivity index (χ4n) is 2.22. The first-order valence-electron chi connectivity index (χ1n) is 8.41. The average molecular weight is 465 g/mol. The number of halogens is 1. The second kappa shape index (κ2) is 14.7. The second-order valence-corrected chi connectivity index (χ2v) is 6.35. The summed E-state index contributed by atoms with van der Waals surface area (Å²) >= 11 is 1.90.